The van der Waals surface area contributed by atoms with Crippen molar-refractivity contribution in [3.05, 3.63) is 29.8 Å². The van der Waals surface area contributed by atoms with Crippen LogP contribution in [0, 0.1) is 0 Å². The fourth-order valence-corrected chi connectivity index (χ4v) is 1.79. The molecule has 0 unspecified atom stereocenters. The zero-order chi connectivity index (χ0) is 12.7. The normalized spacial score (nSPS) is 10.1. The van der Waals surface area contributed by atoms with E-state index in [9.17, 15) is 4.79 Å². The molecule has 0 heterocycles. The lowest BCUT2D eigenvalue weighted by atomic mass is 9.79. The van der Waals surface area contributed by atoms with Crippen LogP contribution in [-0.2, 0) is 0 Å². The molecule has 0 saturated heterocycles. The molecule has 0 bridgehead atoms. The fraction of sp³-hybridized carbons (Fsp3) is 0.364. The number of carbonyl (C=O) groups excluding carboxylic acids is 1. The highest BCUT2D eigenvalue weighted by molar-refractivity contribution is 7.98. The van der Waals surface area contributed by atoms with Crippen LogP contribution in [0.1, 0.15) is 16.8 Å². The number of amides is 1. The maximum atomic E-state index is 11.7. The number of thioether (sulfide) groups is 1. The van der Waals surface area contributed by atoms with Crippen LogP contribution >= 0.6 is 11.8 Å². The molecule has 92 valence electrons. The maximum Gasteiger partial charge on any atom is 0.488 e. The Morgan fingerprint density at radius 3 is 2.88 bits per heavy atom. The van der Waals surface area contributed by atoms with Crippen LogP contribution in [-0.4, -0.2) is 41.6 Å². The maximum absolute atomic E-state index is 11.7. The fourth-order valence-electron chi connectivity index (χ4n) is 1.36. The molecule has 1 rings (SSSR count). The molecular formula is C11H16BNO3S. The van der Waals surface area contributed by atoms with Gasteiger partial charge in [0.05, 0.1) is 0 Å². The van der Waals surface area contributed by atoms with Crippen LogP contribution in [0.15, 0.2) is 24.3 Å². The van der Waals surface area contributed by atoms with Crippen molar-refractivity contribution in [2.45, 2.75) is 6.42 Å². The van der Waals surface area contributed by atoms with E-state index in [0.717, 1.165) is 12.2 Å². The molecule has 1 aromatic rings. The van der Waals surface area contributed by atoms with Gasteiger partial charge in [0.1, 0.15) is 0 Å². The summed E-state index contributed by atoms with van der Waals surface area (Å²) in [5, 5.41) is 20.8. The van der Waals surface area contributed by atoms with Gasteiger partial charge in [-0.15, -0.1) is 0 Å². The van der Waals surface area contributed by atoms with Crippen LogP contribution in [0.3, 0.4) is 0 Å². The molecule has 3 N–H and O–H groups in total. The highest BCUT2D eigenvalue weighted by atomic mass is 32.2. The lowest BCUT2D eigenvalue weighted by Crippen LogP contribution is -2.32. The number of hydrogen-bond acceptors (Lipinski definition) is 4. The molecule has 0 radical (unpaired) electrons. The Morgan fingerprint density at radius 2 is 2.24 bits per heavy atom. The molecule has 0 aliphatic rings. The first-order chi connectivity index (χ1) is 8.15. The van der Waals surface area contributed by atoms with Gasteiger partial charge in [-0.1, -0.05) is 12.1 Å². The van der Waals surface area contributed by atoms with E-state index in [2.05, 4.69) is 5.32 Å². The van der Waals surface area contributed by atoms with E-state index in [-0.39, 0.29) is 5.91 Å². The smallest absolute Gasteiger partial charge is 0.423 e. The summed E-state index contributed by atoms with van der Waals surface area (Å²) in [7, 11) is -1.54. The van der Waals surface area contributed by atoms with E-state index in [4.69, 9.17) is 10.0 Å². The highest BCUT2D eigenvalue weighted by Crippen LogP contribution is 1.98. The van der Waals surface area contributed by atoms with E-state index in [0.29, 0.717) is 17.6 Å². The van der Waals surface area contributed by atoms with Crippen molar-refractivity contribution in [3.63, 3.8) is 0 Å². The summed E-state index contributed by atoms with van der Waals surface area (Å²) in [6.45, 7) is 0.631. The largest absolute Gasteiger partial charge is 0.488 e. The average Bonchev–Trinajstić information content (AvgIpc) is 2.34. The van der Waals surface area contributed by atoms with Crippen molar-refractivity contribution in [3.8, 4) is 0 Å². The standard InChI is InChI=1S/C11H16BNO3S/c1-17-7-3-6-13-11(14)9-4-2-5-10(8-9)12(15)16/h2,4-5,8,15-16H,3,6-7H2,1H3,(H,13,14). The van der Waals surface area contributed by atoms with E-state index in [1.165, 1.54) is 6.07 Å². The number of rotatable bonds is 6. The first-order valence-corrected chi connectivity index (χ1v) is 6.77. The first-order valence-electron chi connectivity index (χ1n) is 5.38. The van der Waals surface area contributed by atoms with Gasteiger partial charge in [0.15, 0.2) is 0 Å². The Morgan fingerprint density at radius 1 is 1.47 bits per heavy atom. The van der Waals surface area contributed by atoms with E-state index in [1.807, 2.05) is 6.26 Å². The predicted octanol–water partition coefficient (Wildman–Crippen LogP) is -0.151. The lowest BCUT2D eigenvalue weighted by Gasteiger charge is -2.06. The molecule has 1 aromatic carbocycles. The van der Waals surface area contributed by atoms with Crippen LogP contribution in [0.4, 0.5) is 0 Å². The number of hydrogen-bond donors (Lipinski definition) is 3. The van der Waals surface area contributed by atoms with Gasteiger partial charge in [-0.25, -0.2) is 0 Å². The quantitative estimate of drug-likeness (QED) is 0.487. The second-order valence-electron chi connectivity index (χ2n) is 3.60. The molecule has 4 nitrogen and oxygen atoms in total. The molecule has 0 aliphatic carbocycles. The number of benzene rings is 1. The average molecular weight is 253 g/mol. The van der Waals surface area contributed by atoms with Crippen LogP contribution < -0.4 is 10.8 Å². The second-order valence-corrected chi connectivity index (χ2v) is 4.59. The van der Waals surface area contributed by atoms with Crippen molar-refractivity contribution in [2.24, 2.45) is 0 Å². The molecule has 0 atom stereocenters. The van der Waals surface area contributed by atoms with Gasteiger partial charge in [0.25, 0.3) is 5.91 Å². The van der Waals surface area contributed by atoms with Crippen molar-refractivity contribution in [1.29, 1.82) is 0 Å². The van der Waals surface area contributed by atoms with Gasteiger partial charge in [-0.3, -0.25) is 4.79 Å². The molecule has 0 aliphatic heterocycles. The Kier molecular flexibility index (Phi) is 6.11. The lowest BCUT2D eigenvalue weighted by molar-refractivity contribution is 0.0954. The molecule has 0 aromatic heterocycles. The minimum Gasteiger partial charge on any atom is -0.423 e. The summed E-state index contributed by atoms with van der Waals surface area (Å²) >= 11 is 1.74. The van der Waals surface area contributed by atoms with Crippen molar-refractivity contribution in [2.75, 3.05) is 18.6 Å². The highest BCUT2D eigenvalue weighted by Gasteiger charge is 2.13. The van der Waals surface area contributed by atoms with Gasteiger partial charge in [0, 0.05) is 12.1 Å². The molecular weight excluding hydrogens is 237 g/mol. The third-order valence-corrected chi connectivity index (χ3v) is 2.95. The minimum absolute atomic E-state index is 0.186. The topological polar surface area (TPSA) is 69.6 Å². The van der Waals surface area contributed by atoms with Gasteiger partial charge in [0.2, 0.25) is 0 Å². The number of carbonyl (C=O) groups is 1. The van der Waals surface area contributed by atoms with E-state index < -0.39 is 7.12 Å². The molecule has 0 spiro atoms. The Balaban J connectivity index is 2.53. The Bertz CT molecular complexity index is 373. The predicted molar refractivity (Wildman–Crippen MR) is 71.6 cm³/mol. The second kappa shape index (κ2) is 7.37. The van der Waals surface area contributed by atoms with Gasteiger partial charge in [-0.2, -0.15) is 11.8 Å². The summed E-state index contributed by atoms with van der Waals surface area (Å²) in [6.07, 6.45) is 2.95. The summed E-state index contributed by atoms with van der Waals surface area (Å²) < 4.78 is 0. The molecule has 17 heavy (non-hydrogen) atoms. The Labute approximate surface area is 106 Å². The van der Waals surface area contributed by atoms with Gasteiger partial charge < -0.3 is 15.4 Å². The molecule has 6 heteroatoms. The third kappa shape index (κ3) is 4.81. The number of nitrogens with one attached hydrogen (secondary N) is 1. The Hall–Kier alpha value is -0.975. The van der Waals surface area contributed by atoms with Crippen molar-refractivity contribution >= 4 is 30.3 Å². The van der Waals surface area contributed by atoms with Crippen molar-refractivity contribution in [1.82, 2.24) is 5.32 Å². The van der Waals surface area contributed by atoms with E-state index >= 15 is 0 Å². The third-order valence-electron chi connectivity index (χ3n) is 2.26. The molecule has 0 fully saturated rings. The molecule has 0 saturated carbocycles. The minimum atomic E-state index is -1.54. The first kappa shape index (κ1) is 14.1. The van der Waals surface area contributed by atoms with Gasteiger partial charge in [-0.05, 0) is 36.0 Å². The molecule has 1 amide bonds. The van der Waals surface area contributed by atoms with E-state index in [1.54, 1.807) is 30.0 Å². The van der Waals surface area contributed by atoms with Gasteiger partial charge >= 0.3 is 7.12 Å². The summed E-state index contributed by atoms with van der Waals surface area (Å²) in [5.41, 5.74) is 0.765. The zero-order valence-corrected chi connectivity index (χ0v) is 10.5. The SMILES string of the molecule is CSCCCNC(=O)c1cccc(B(O)O)c1. The van der Waals surface area contributed by atoms with Crippen molar-refractivity contribution < 1.29 is 14.8 Å². The zero-order valence-electron chi connectivity index (χ0n) is 9.72. The van der Waals surface area contributed by atoms with Crippen LogP contribution in [0.5, 0.6) is 0 Å². The summed E-state index contributed by atoms with van der Waals surface area (Å²) in [5.74, 6) is 0.823. The summed E-state index contributed by atoms with van der Waals surface area (Å²) in [4.78, 5) is 11.7. The summed E-state index contributed by atoms with van der Waals surface area (Å²) in [6, 6.07) is 6.32. The van der Waals surface area contributed by atoms with Crippen LogP contribution in [0.2, 0.25) is 0 Å². The van der Waals surface area contributed by atoms with Crippen LogP contribution in [0.25, 0.3) is 0 Å². The monoisotopic (exact) mass is 253 g/mol.